The van der Waals surface area contributed by atoms with Crippen LogP contribution in [0, 0.1) is 11.8 Å². The Hall–Kier alpha value is -2.59. The number of fused-ring (bicyclic) bond motifs is 1. The second-order valence-corrected chi connectivity index (χ2v) is 28.0. The molecule has 2 rings (SSSR count). The van der Waals surface area contributed by atoms with Gasteiger partial charge in [-0.15, -0.1) is 0 Å². The van der Waals surface area contributed by atoms with E-state index in [1.807, 2.05) is 71.9 Å². The molecule has 0 bridgehead atoms. The summed E-state index contributed by atoms with van der Waals surface area (Å²) >= 11 is -2.38. The molecule has 0 aliphatic rings. The van der Waals surface area contributed by atoms with Gasteiger partial charge in [-0.05, 0) is 32.4 Å². The summed E-state index contributed by atoms with van der Waals surface area (Å²) in [6.45, 7) is 18.7. The topological polar surface area (TPSA) is 113 Å². The number of nitrogens with two attached hydrogens (primary N) is 1. The third-order valence-electron chi connectivity index (χ3n) is 9.06. The predicted molar refractivity (Wildman–Crippen MR) is 205 cm³/mol. The average molecular weight is 787 g/mol. The van der Waals surface area contributed by atoms with Crippen molar-refractivity contribution in [1.29, 1.82) is 0 Å². The van der Waals surface area contributed by atoms with Gasteiger partial charge in [-0.3, -0.25) is 4.57 Å². The number of nitrogens with zero attached hydrogens (tertiary/aromatic N) is 1. The molecule has 1 heterocycles. The van der Waals surface area contributed by atoms with Crippen LogP contribution in [0.3, 0.4) is 0 Å². The van der Waals surface area contributed by atoms with Gasteiger partial charge < -0.3 is 10.5 Å². The number of carbonyl (C=O) groups is 3. The summed E-state index contributed by atoms with van der Waals surface area (Å²) in [6, 6.07) is 6.54. The van der Waals surface area contributed by atoms with Gasteiger partial charge in [-0.2, -0.15) is 0 Å². The number of ether oxygens (including phenoxy) is 2. The van der Waals surface area contributed by atoms with E-state index in [-0.39, 0.29) is 24.2 Å². The Morgan fingerprint density at radius 3 is 2.10 bits per heavy atom. The second-order valence-electron chi connectivity index (χ2n) is 15.0. The van der Waals surface area contributed by atoms with Crippen molar-refractivity contribution < 1.29 is 23.9 Å². The maximum atomic E-state index is 13.3. The monoisotopic (exact) mass is 787 g/mol. The van der Waals surface area contributed by atoms with Crippen molar-refractivity contribution in [1.82, 2.24) is 9.88 Å². The maximum absolute atomic E-state index is 13.3. The van der Waals surface area contributed by atoms with Gasteiger partial charge in [-0.1, -0.05) is 18.2 Å². The Morgan fingerprint density at radius 2 is 1.55 bits per heavy atom. The molecule has 49 heavy (non-hydrogen) atoms. The SMILES string of the molecule is CCC[CH2][Sn](/[CH]=C/CNC(=O)/C=C/[C@H](C)[C@@H](OC(=O)[C@@H](N)Cc1cn(C(=O)OC(C)(C)C)c2ccccc12)C(C)C)([CH2]CCC)[CH2]CCC. The Morgan fingerprint density at radius 1 is 0.959 bits per heavy atom. The minimum absolute atomic E-state index is 0.00543. The zero-order valence-corrected chi connectivity index (χ0v) is 34.7. The fourth-order valence-corrected chi connectivity index (χ4v) is 20.7. The normalized spacial score (nSPS) is 14.4. The summed E-state index contributed by atoms with van der Waals surface area (Å²) < 4.78 is 19.8. The second kappa shape index (κ2) is 20.9. The summed E-state index contributed by atoms with van der Waals surface area (Å²) in [5.41, 5.74) is 7.19. The fourth-order valence-electron chi connectivity index (χ4n) is 6.35. The Labute approximate surface area is 300 Å². The number of hydrogen-bond acceptors (Lipinski definition) is 6. The van der Waals surface area contributed by atoms with Gasteiger partial charge in [0.05, 0.1) is 5.52 Å². The molecule has 0 aliphatic heterocycles. The molecule has 0 saturated carbocycles. The van der Waals surface area contributed by atoms with E-state index >= 15 is 0 Å². The first-order chi connectivity index (χ1) is 23.2. The van der Waals surface area contributed by atoms with Gasteiger partial charge in [0.15, 0.2) is 0 Å². The number of unbranched alkanes of at least 4 members (excludes halogenated alkanes) is 3. The zero-order valence-electron chi connectivity index (χ0n) is 31.8. The molecule has 9 heteroatoms. The summed E-state index contributed by atoms with van der Waals surface area (Å²) in [4.78, 5) is 39.0. The van der Waals surface area contributed by atoms with E-state index in [4.69, 9.17) is 15.2 Å². The molecule has 3 atom stereocenters. The van der Waals surface area contributed by atoms with Gasteiger partial charge in [0.2, 0.25) is 0 Å². The molecule has 8 nitrogen and oxygen atoms in total. The van der Waals surface area contributed by atoms with E-state index in [2.05, 4.69) is 36.3 Å². The summed E-state index contributed by atoms with van der Waals surface area (Å²) in [5.74, 6) is -0.870. The molecule has 0 spiro atoms. The molecule has 0 saturated heterocycles. The molecular formula is C40H65N3O5Sn. The van der Waals surface area contributed by atoms with Crippen LogP contribution in [0.5, 0.6) is 0 Å². The molecule has 0 aliphatic carbocycles. The number of esters is 1. The van der Waals surface area contributed by atoms with Crippen LogP contribution >= 0.6 is 0 Å². The third-order valence-corrected chi connectivity index (χ3v) is 23.3. The standard InChI is InChI=1S/C28H38N3O5.3C4H9.Sn/c1-8-15-30-24(32)14-13-19(4)25(18(2)3)35-26(33)22(29)16-20-17-31(27(34)36-28(5,6)7)23-12-10-9-11-21(20)23;3*1-3-4-2;/h1,8-14,17-19,22,25H,15-16,29H2,2-7H3,(H,30,32);3*1,3-4H2,2H3;/b8-1?,14-13+;;;;/t19-,22-,25-;;;;/m0..../s1. The molecule has 1 aromatic heterocycles. The van der Waals surface area contributed by atoms with Gasteiger partial charge in [-0.25, -0.2) is 4.79 Å². The van der Waals surface area contributed by atoms with Gasteiger partial charge in [0, 0.05) is 18.0 Å². The van der Waals surface area contributed by atoms with Crippen molar-refractivity contribution in [3.05, 3.63) is 58.3 Å². The Balaban J connectivity index is 2.04. The molecule has 1 aromatic carbocycles. The van der Waals surface area contributed by atoms with Gasteiger partial charge in [0.25, 0.3) is 0 Å². The van der Waals surface area contributed by atoms with Crippen molar-refractivity contribution >= 4 is 47.2 Å². The molecule has 3 N–H and O–H groups in total. The van der Waals surface area contributed by atoms with Crippen LogP contribution in [0.25, 0.3) is 10.9 Å². The Bertz CT molecular complexity index is 1370. The first-order valence-electron chi connectivity index (χ1n) is 18.6. The summed E-state index contributed by atoms with van der Waals surface area (Å²) in [6.07, 6.45) is 14.2. The van der Waals surface area contributed by atoms with Crippen molar-refractivity contribution in [2.24, 2.45) is 17.6 Å². The number of aromatic nitrogens is 1. The third kappa shape index (κ3) is 14.3. The molecule has 2 aromatic rings. The zero-order chi connectivity index (χ0) is 36.6. The summed E-state index contributed by atoms with van der Waals surface area (Å²) in [7, 11) is 0. The van der Waals surface area contributed by atoms with Crippen molar-refractivity contribution in [2.45, 2.75) is 138 Å². The first kappa shape index (κ1) is 42.6. The van der Waals surface area contributed by atoms with Crippen LogP contribution < -0.4 is 11.1 Å². The van der Waals surface area contributed by atoms with E-state index in [1.54, 1.807) is 12.3 Å². The fraction of sp³-hybridized carbons (Fsp3) is 0.625. The molecule has 0 unspecified atom stereocenters. The molecule has 1 amide bonds. The van der Waals surface area contributed by atoms with Gasteiger partial charge >= 0.3 is 202 Å². The van der Waals surface area contributed by atoms with Crippen LogP contribution in [0.1, 0.15) is 106 Å². The van der Waals surface area contributed by atoms with Crippen molar-refractivity contribution in [2.75, 3.05) is 6.54 Å². The van der Waals surface area contributed by atoms with Crippen LogP contribution in [0.2, 0.25) is 13.3 Å². The number of carbonyl (C=O) groups excluding carboxylic acids is 3. The van der Waals surface area contributed by atoms with Crippen LogP contribution in [0.15, 0.2) is 52.8 Å². The summed E-state index contributed by atoms with van der Waals surface area (Å²) in [5, 5.41) is 3.85. The molecule has 274 valence electrons. The van der Waals surface area contributed by atoms with E-state index in [0.29, 0.717) is 12.1 Å². The van der Waals surface area contributed by atoms with Crippen molar-refractivity contribution in [3.63, 3.8) is 0 Å². The van der Waals surface area contributed by atoms with E-state index in [9.17, 15) is 14.4 Å². The Kier molecular flexibility index (Phi) is 18.2. The van der Waals surface area contributed by atoms with E-state index < -0.39 is 48.2 Å². The van der Waals surface area contributed by atoms with Gasteiger partial charge in [0.1, 0.15) is 5.60 Å². The average Bonchev–Trinajstić information content (AvgIpc) is 3.42. The molecule has 0 fully saturated rings. The molecular weight excluding hydrogens is 721 g/mol. The van der Waals surface area contributed by atoms with Crippen LogP contribution in [0.4, 0.5) is 4.79 Å². The quantitative estimate of drug-likeness (QED) is 0.0787. The number of para-hydroxylation sites is 1. The van der Waals surface area contributed by atoms with E-state index in [1.165, 1.54) is 56.4 Å². The predicted octanol–water partition coefficient (Wildman–Crippen LogP) is 9.12. The minimum atomic E-state index is -2.38. The first-order valence-corrected chi connectivity index (χ1v) is 26.3. The number of benzene rings is 1. The van der Waals surface area contributed by atoms with Crippen LogP contribution in [-0.2, 0) is 25.5 Å². The molecule has 0 radical (unpaired) electrons. The van der Waals surface area contributed by atoms with E-state index in [0.717, 1.165) is 10.9 Å². The van der Waals surface area contributed by atoms with Crippen molar-refractivity contribution in [3.8, 4) is 0 Å². The van der Waals surface area contributed by atoms with Crippen LogP contribution in [-0.4, -0.2) is 65.2 Å². The number of hydrogen-bond donors (Lipinski definition) is 2. The number of rotatable bonds is 20. The number of nitrogens with one attached hydrogen (secondary N) is 1. The number of amides is 1.